The lowest BCUT2D eigenvalue weighted by atomic mass is 10.0. The van der Waals surface area contributed by atoms with Gasteiger partial charge in [-0.05, 0) is 24.6 Å². The predicted octanol–water partition coefficient (Wildman–Crippen LogP) is 3.65. The van der Waals surface area contributed by atoms with E-state index >= 15 is 0 Å². The molecule has 1 aliphatic heterocycles. The first-order chi connectivity index (χ1) is 14.8. The van der Waals surface area contributed by atoms with E-state index < -0.39 is 18.3 Å². The summed E-state index contributed by atoms with van der Waals surface area (Å²) in [5, 5.41) is 17.7. The zero-order valence-corrected chi connectivity index (χ0v) is 17.1. The van der Waals surface area contributed by atoms with E-state index in [1.54, 1.807) is 12.1 Å². The molecule has 0 saturated heterocycles. The smallest absolute Gasteiger partial charge is 0.362 e. The van der Waals surface area contributed by atoms with Crippen LogP contribution in [-0.2, 0) is 0 Å². The largest absolute Gasteiger partial charge is 0.438 e. The second kappa shape index (κ2) is 9.42. The summed E-state index contributed by atoms with van der Waals surface area (Å²) in [6.07, 6.45) is 2.31. The zero-order chi connectivity index (χ0) is 22.5. The molecule has 1 unspecified atom stereocenters. The van der Waals surface area contributed by atoms with Gasteiger partial charge in [-0.1, -0.05) is 32.3 Å². The van der Waals surface area contributed by atoms with Gasteiger partial charge in [0.1, 0.15) is 0 Å². The Morgan fingerprint density at radius 3 is 2.65 bits per heavy atom. The third kappa shape index (κ3) is 5.01. The Kier molecular flexibility index (Phi) is 6.89. The number of aliphatic hydroxyl groups is 1. The first-order valence-corrected chi connectivity index (χ1v) is 10.1. The summed E-state index contributed by atoms with van der Waals surface area (Å²) in [7, 11) is 0. The Morgan fingerprint density at radius 2 is 2.03 bits per heavy atom. The number of hydrogen-bond donors (Lipinski definition) is 2. The number of carbonyl (C=O) groups excluding carboxylic acids is 1. The average molecular weight is 435 g/mol. The van der Waals surface area contributed by atoms with Crippen LogP contribution in [-0.4, -0.2) is 45.1 Å². The maximum Gasteiger partial charge on any atom is 0.438 e. The van der Waals surface area contributed by atoms with Gasteiger partial charge in [0.25, 0.3) is 11.6 Å². The summed E-state index contributed by atoms with van der Waals surface area (Å²) in [4.78, 5) is 20.1. The zero-order valence-electron chi connectivity index (χ0n) is 17.1. The van der Waals surface area contributed by atoms with Crippen LogP contribution in [0.15, 0.2) is 48.0 Å². The van der Waals surface area contributed by atoms with Crippen LogP contribution in [0.1, 0.15) is 54.9 Å². The van der Waals surface area contributed by atoms with Crippen molar-refractivity contribution in [1.29, 1.82) is 0 Å². The average Bonchev–Trinajstić information content (AvgIpc) is 3.13. The highest BCUT2D eigenvalue weighted by Crippen LogP contribution is 2.43. The molecule has 3 heterocycles. The lowest BCUT2D eigenvalue weighted by molar-refractivity contribution is -0.254. The van der Waals surface area contributed by atoms with Crippen molar-refractivity contribution in [2.75, 3.05) is 11.6 Å². The number of pyridine rings is 2. The highest BCUT2D eigenvalue weighted by atomic mass is 19.4. The van der Waals surface area contributed by atoms with Gasteiger partial charge in [-0.3, -0.25) is 9.78 Å². The lowest BCUT2D eigenvalue weighted by Crippen LogP contribution is -2.55. The third-order valence-corrected chi connectivity index (χ3v) is 4.98. The molecular weight excluding hydrogens is 411 g/mol. The van der Waals surface area contributed by atoms with Gasteiger partial charge in [-0.2, -0.15) is 18.3 Å². The van der Waals surface area contributed by atoms with Crippen LogP contribution >= 0.6 is 0 Å². The van der Waals surface area contributed by atoms with Crippen LogP contribution < -0.4 is 10.3 Å². The van der Waals surface area contributed by atoms with Crippen molar-refractivity contribution in [3.63, 3.8) is 0 Å². The number of hydrazone groups is 1. The van der Waals surface area contributed by atoms with E-state index in [0.29, 0.717) is 17.1 Å². The number of carbonyl (C=O) groups is 1. The van der Waals surface area contributed by atoms with Crippen LogP contribution in [0.4, 0.5) is 19.0 Å². The summed E-state index contributed by atoms with van der Waals surface area (Å²) >= 11 is 0. The van der Waals surface area contributed by atoms with Crippen LogP contribution in [0.3, 0.4) is 0 Å². The van der Waals surface area contributed by atoms with E-state index in [4.69, 9.17) is 0 Å². The number of hydrogen-bond acceptors (Lipinski definition) is 6. The van der Waals surface area contributed by atoms with Crippen LogP contribution in [0.5, 0.6) is 0 Å². The van der Waals surface area contributed by atoms with E-state index in [1.165, 1.54) is 30.7 Å². The fourth-order valence-electron chi connectivity index (χ4n) is 3.20. The number of alkyl halides is 3. The minimum Gasteiger partial charge on any atom is -0.362 e. The van der Waals surface area contributed by atoms with Crippen molar-refractivity contribution in [3.05, 3.63) is 54.0 Å². The van der Waals surface area contributed by atoms with Crippen molar-refractivity contribution in [3.8, 4) is 0 Å². The van der Waals surface area contributed by atoms with Gasteiger partial charge in [0.05, 0.1) is 17.7 Å². The molecule has 1 amide bonds. The highest BCUT2D eigenvalue weighted by molar-refractivity contribution is 6.03. The Balaban J connectivity index is 1.79. The molecule has 2 aromatic rings. The molecule has 31 heavy (non-hydrogen) atoms. The summed E-state index contributed by atoms with van der Waals surface area (Å²) in [5.41, 5.74) is -2.64. The summed E-state index contributed by atoms with van der Waals surface area (Å²) in [6.45, 7) is 2.61. The Morgan fingerprint density at radius 1 is 1.23 bits per heavy atom. The molecule has 3 rings (SSSR count). The Labute approximate surface area is 178 Å². The number of rotatable bonds is 8. The quantitative estimate of drug-likeness (QED) is 0.618. The second-order valence-corrected chi connectivity index (χ2v) is 7.31. The minimum absolute atomic E-state index is 0.0311. The molecule has 0 aliphatic carbocycles. The van der Waals surface area contributed by atoms with Gasteiger partial charge in [0.15, 0.2) is 5.82 Å². The van der Waals surface area contributed by atoms with E-state index in [2.05, 4.69) is 27.3 Å². The predicted molar refractivity (Wildman–Crippen MR) is 110 cm³/mol. The van der Waals surface area contributed by atoms with Gasteiger partial charge in [-0.25, -0.2) is 9.99 Å². The number of unbranched alkanes of at least 4 members (excludes halogenated alkanes) is 3. The van der Waals surface area contributed by atoms with E-state index in [-0.39, 0.29) is 23.0 Å². The lowest BCUT2D eigenvalue weighted by Gasteiger charge is -2.33. The van der Waals surface area contributed by atoms with Gasteiger partial charge in [0, 0.05) is 30.7 Å². The number of nitrogens with zero attached hydrogens (tertiary/aromatic N) is 4. The van der Waals surface area contributed by atoms with Crippen LogP contribution in [0.2, 0.25) is 0 Å². The van der Waals surface area contributed by atoms with E-state index in [0.717, 1.165) is 25.7 Å². The number of halogens is 3. The van der Waals surface area contributed by atoms with Crippen molar-refractivity contribution >= 4 is 17.4 Å². The molecule has 2 aromatic heterocycles. The number of amides is 1. The third-order valence-electron chi connectivity index (χ3n) is 4.98. The molecule has 1 atom stereocenters. The summed E-state index contributed by atoms with van der Waals surface area (Å²) in [5.74, 6) is -0.583. The van der Waals surface area contributed by atoms with Crippen molar-refractivity contribution in [2.45, 2.75) is 50.9 Å². The van der Waals surface area contributed by atoms with Crippen LogP contribution in [0.25, 0.3) is 0 Å². The molecule has 0 radical (unpaired) electrons. The second-order valence-electron chi connectivity index (χ2n) is 7.31. The maximum atomic E-state index is 13.7. The molecule has 0 fully saturated rings. The Hall–Kier alpha value is -3.01. The van der Waals surface area contributed by atoms with Gasteiger partial charge in [-0.15, -0.1) is 0 Å². The first kappa shape index (κ1) is 22.7. The van der Waals surface area contributed by atoms with E-state index in [1.807, 2.05) is 0 Å². The topological polar surface area (TPSA) is 90.7 Å². The Bertz CT molecular complexity index is 919. The van der Waals surface area contributed by atoms with Gasteiger partial charge < -0.3 is 10.4 Å². The molecule has 166 valence electrons. The van der Waals surface area contributed by atoms with Gasteiger partial charge >= 0.3 is 6.18 Å². The van der Waals surface area contributed by atoms with Crippen LogP contribution in [0, 0.1) is 0 Å². The van der Waals surface area contributed by atoms with Crippen molar-refractivity contribution in [1.82, 2.24) is 15.3 Å². The highest BCUT2D eigenvalue weighted by Gasteiger charge is 2.62. The fourth-order valence-corrected chi connectivity index (χ4v) is 3.20. The summed E-state index contributed by atoms with van der Waals surface area (Å²) in [6, 6.07) is 5.73. The molecule has 0 saturated carbocycles. The van der Waals surface area contributed by atoms with Gasteiger partial charge in [0.2, 0.25) is 0 Å². The minimum atomic E-state index is -4.99. The first-order valence-electron chi connectivity index (χ1n) is 10.1. The molecule has 0 bridgehead atoms. The molecule has 7 nitrogen and oxygen atoms in total. The maximum absolute atomic E-state index is 13.7. The molecule has 0 spiro atoms. The SMILES string of the molecule is CCCCCCNC(=O)c1ccc(N2N=C(c3cccnc3)CC2(O)C(F)(F)F)nc1. The normalized spacial score (nSPS) is 18.7. The monoisotopic (exact) mass is 435 g/mol. The van der Waals surface area contributed by atoms with Crippen molar-refractivity contribution in [2.24, 2.45) is 5.10 Å². The number of anilines is 1. The van der Waals surface area contributed by atoms with Crippen molar-refractivity contribution < 1.29 is 23.1 Å². The molecule has 10 heteroatoms. The van der Waals surface area contributed by atoms with E-state index in [9.17, 15) is 23.1 Å². The molecule has 0 aromatic carbocycles. The molecule has 1 aliphatic rings. The summed E-state index contributed by atoms with van der Waals surface area (Å²) < 4.78 is 41.2. The molecule has 2 N–H and O–H groups in total. The number of aromatic nitrogens is 2. The number of nitrogens with one attached hydrogen (secondary N) is 1. The standard InChI is InChI=1S/C21H24F3N5O2/c1-2-3-4-5-11-26-19(30)16-8-9-18(27-14-16)29-20(31,21(22,23)24)12-17(28-29)15-7-6-10-25-13-15/h6-10,13-14,31H,2-5,11-12H2,1H3,(H,26,30). The fraction of sp³-hybridized carbons (Fsp3) is 0.429. The molecular formula is C21H24F3N5O2.